The number of aryl methyl sites for hydroxylation is 1. The Balaban J connectivity index is 1.47. The summed E-state index contributed by atoms with van der Waals surface area (Å²) in [6, 6.07) is 6.35. The number of carboxylic acid groups (broad SMARTS) is 1. The molecule has 0 saturated heterocycles. The summed E-state index contributed by atoms with van der Waals surface area (Å²) in [6.45, 7) is 8.33. The number of benzene rings is 1. The lowest BCUT2D eigenvalue weighted by Crippen LogP contribution is -2.52. The van der Waals surface area contributed by atoms with Crippen molar-refractivity contribution in [2.75, 3.05) is 66.1 Å². The van der Waals surface area contributed by atoms with E-state index >= 15 is 0 Å². The van der Waals surface area contributed by atoms with Gasteiger partial charge < -0.3 is 44.5 Å². The first-order valence-electron chi connectivity index (χ1n) is 16.4. The topological polar surface area (TPSA) is 214 Å². The van der Waals surface area contributed by atoms with Crippen molar-refractivity contribution < 1.29 is 57.9 Å². The third-order valence-corrected chi connectivity index (χ3v) is 8.35. The van der Waals surface area contributed by atoms with Crippen LogP contribution in [-0.4, -0.2) is 122 Å². The molecule has 3 rings (SSSR count). The smallest absolute Gasteiger partial charge is 0.329 e. The summed E-state index contributed by atoms with van der Waals surface area (Å²) in [5.74, 6) is -3.70. The van der Waals surface area contributed by atoms with E-state index in [1.54, 1.807) is 26.3 Å². The van der Waals surface area contributed by atoms with Gasteiger partial charge in [-0.15, -0.1) is 11.3 Å². The molecule has 4 N–H and O–H groups in total. The molecule has 0 bridgehead atoms. The Morgan fingerprint density at radius 2 is 1.46 bits per heavy atom. The number of hydrogen-bond acceptors (Lipinski definition) is 13. The van der Waals surface area contributed by atoms with Crippen LogP contribution in [0.4, 0.5) is 0 Å². The molecule has 16 nitrogen and oxygen atoms in total. The van der Waals surface area contributed by atoms with Crippen LogP contribution in [0, 0.1) is 12.3 Å². The maximum atomic E-state index is 13.8. The van der Waals surface area contributed by atoms with Gasteiger partial charge >= 0.3 is 5.97 Å². The van der Waals surface area contributed by atoms with Crippen molar-refractivity contribution in [1.29, 1.82) is 0 Å². The molecule has 17 heteroatoms. The van der Waals surface area contributed by atoms with Gasteiger partial charge in [0, 0.05) is 6.54 Å². The molecule has 1 aromatic carbocycles. The number of carbonyl (C=O) groups excluding carboxylic acids is 4. The predicted molar refractivity (Wildman–Crippen MR) is 189 cm³/mol. The maximum absolute atomic E-state index is 13.8. The second-order valence-electron chi connectivity index (χ2n) is 12.5. The molecule has 0 spiro atoms. The summed E-state index contributed by atoms with van der Waals surface area (Å²) in [5.41, 5.74) is 2.88. The third kappa shape index (κ3) is 13.2. The Bertz CT molecular complexity index is 1630. The Morgan fingerprint density at radius 1 is 0.904 bits per heavy atom. The molecule has 0 aliphatic heterocycles. The number of hydrogen-bond donors (Lipinski definition) is 4. The van der Waals surface area contributed by atoms with Crippen LogP contribution in [0.15, 0.2) is 36.0 Å². The van der Waals surface area contributed by atoms with Gasteiger partial charge in [-0.3, -0.25) is 23.7 Å². The van der Waals surface area contributed by atoms with Gasteiger partial charge in [0.1, 0.15) is 30.7 Å². The number of thiazole rings is 1. The van der Waals surface area contributed by atoms with E-state index in [-0.39, 0.29) is 64.1 Å². The van der Waals surface area contributed by atoms with Crippen LogP contribution in [0.1, 0.15) is 57.7 Å². The lowest BCUT2D eigenvalue weighted by atomic mass is 9.86. The van der Waals surface area contributed by atoms with Gasteiger partial charge in [-0.1, -0.05) is 45.0 Å². The zero-order valence-electron chi connectivity index (χ0n) is 29.7. The molecule has 0 aliphatic rings. The number of aromatic nitrogens is 2. The average molecular weight is 747 g/mol. The van der Waals surface area contributed by atoms with Crippen molar-refractivity contribution in [3.63, 3.8) is 0 Å². The average Bonchev–Trinajstić information content (AvgIpc) is 3.69. The number of carbonyl (C=O) groups is 5. The van der Waals surface area contributed by atoms with Crippen molar-refractivity contribution in [1.82, 2.24) is 20.2 Å². The molecule has 2 aromatic heterocycles. The monoisotopic (exact) mass is 746 g/mol. The number of aliphatic carboxylic acids is 1. The van der Waals surface area contributed by atoms with Gasteiger partial charge in [-0.25, -0.2) is 9.78 Å². The predicted octanol–water partition coefficient (Wildman–Crippen LogP) is 2.71. The maximum Gasteiger partial charge on any atom is 0.329 e. The molecule has 3 aromatic rings. The normalized spacial score (nSPS) is 12.0. The fourth-order valence-corrected chi connectivity index (χ4v) is 5.55. The highest BCUT2D eigenvalue weighted by molar-refractivity contribution is 7.13. The number of rotatable bonds is 23. The van der Waals surface area contributed by atoms with E-state index in [1.165, 1.54) is 11.3 Å². The Morgan fingerprint density at radius 3 is 1.96 bits per heavy atom. The summed E-state index contributed by atoms with van der Waals surface area (Å²) in [4.78, 5) is 67.6. The van der Waals surface area contributed by atoms with E-state index in [0.29, 0.717) is 26.1 Å². The highest BCUT2D eigenvalue weighted by Gasteiger charge is 2.36. The molecular formula is C35H46N4O12S. The molecule has 0 aliphatic carbocycles. The van der Waals surface area contributed by atoms with E-state index in [9.17, 15) is 29.1 Å². The fraction of sp³-hybridized carbons (Fsp3) is 0.486. The lowest BCUT2D eigenvalue weighted by molar-refractivity contribution is -0.142. The molecule has 2 heterocycles. The summed E-state index contributed by atoms with van der Waals surface area (Å²) in [5, 5.41) is 24.3. The Hall–Kier alpha value is -4.52. The highest BCUT2D eigenvalue weighted by atomic mass is 32.1. The second-order valence-corrected chi connectivity index (χ2v) is 13.3. The van der Waals surface area contributed by atoms with Crippen molar-refractivity contribution >= 4 is 41.3 Å². The zero-order chi connectivity index (χ0) is 38.1. The van der Waals surface area contributed by atoms with Crippen LogP contribution >= 0.6 is 11.3 Å². The van der Waals surface area contributed by atoms with Gasteiger partial charge in [0.2, 0.25) is 5.91 Å². The molecular weight excluding hydrogens is 700 g/mol. The first-order valence-corrected chi connectivity index (χ1v) is 17.3. The molecule has 0 unspecified atom stereocenters. The minimum atomic E-state index is -1.17. The number of amides is 2. The van der Waals surface area contributed by atoms with Gasteiger partial charge in [0.25, 0.3) is 11.8 Å². The summed E-state index contributed by atoms with van der Waals surface area (Å²) < 4.78 is 27.2. The molecule has 284 valence electrons. The van der Waals surface area contributed by atoms with Crippen molar-refractivity contribution in [3.8, 4) is 16.2 Å². The van der Waals surface area contributed by atoms with Crippen LogP contribution < -0.4 is 10.6 Å². The largest absolute Gasteiger partial charge is 0.506 e. The molecule has 0 fully saturated rings. The van der Waals surface area contributed by atoms with Gasteiger partial charge in [-0.05, 0) is 23.5 Å². The van der Waals surface area contributed by atoms with Crippen LogP contribution in [-0.2, 0) is 39.8 Å². The highest BCUT2D eigenvalue weighted by Crippen LogP contribution is 2.28. The number of aldehydes is 1. The molecule has 1 atom stereocenters. The van der Waals surface area contributed by atoms with Crippen LogP contribution in [0.25, 0.3) is 10.4 Å². The van der Waals surface area contributed by atoms with Crippen LogP contribution in [0.2, 0.25) is 0 Å². The van der Waals surface area contributed by atoms with Gasteiger partial charge in [0.15, 0.2) is 6.29 Å². The SMILES string of the molecule is Cc1ncsc1-c1ccc(CNC(=O)c2c(C=O)c(O)cn2C(=O)[C@@H](NC(=O)COCCOCCOCCOCCOCC(=O)O)C(C)(C)C)cc1. The second kappa shape index (κ2) is 21.1. The molecule has 0 saturated carbocycles. The number of nitrogens with one attached hydrogen (secondary N) is 2. The standard InChI is InChI=1S/C35H46N4O12S/c1-23-31(52-22-37-23)25-7-5-24(6-8-25)17-36-33(45)30-26(19-40)27(41)18-39(30)34(46)32(35(2,3)4)38-28(42)20-50-15-13-48-11-9-47-10-12-49-14-16-51-21-29(43)44/h5-8,18-19,22,32,41H,9-17,20-21H2,1-4H3,(H,36,45)(H,38,42)(H,43,44)/t32-/m1/s1. The lowest BCUT2D eigenvalue weighted by Gasteiger charge is -2.30. The molecule has 52 heavy (non-hydrogen) atoms. The van der Waals surface area contributed by atoms with E-state index in [4.69, 9.17) is 28.8 Å². The zero-order valence-corrected chi connectivity index (χ0v) is 30.5. The third-order valence-electron chi connectivity index (χ3n) is 7.37. The quantitative estimate of drug-likeness (QED) is 0.0813. The number of ether oxygens (including phenoxy) is 5. The van der Waals surface area contributed by atoms with Crippen molar-refractivity contribution in [3.05, 3.63) is 58.5 Å². The fourth-order valence-electron chi connectivity index (χ4n) is 4.74. The number of nitrogens with zero attached hydrogens (tertiary/aromatic N) is 2. The summed E-state index contributed by atoms with van der Waals surface area (Å²) in [6.07, 6.45) is 1.29. The number of carboxylic acids is 1. The van der Waals surface area contributed by atoms with E-state index in [2.05, 4.69) is 15.6 Å². The first-order chi connectivity index (χ1) is 24.8. The van der Waals surface area contributed by atoms with Crippen LogP contribution in [0.3, 0.4) is 0 Å². The molecule has 0 radical (unpaired) electrons. The minimum Gasteiger partial charge on any atom is -0.506 e. The van der Waals surface area contributed by atoms with E-state index in [0.717, 1.165) is 32.5 Å². The summed E-state index contributed by atoms with van der Waals surface area (Å²) >= 11 is 1.52. The van der Waals surface area contributed by atoms with Gasteiger partial charge in [-0.2, -0.15) is 0 Å². The van der Waals surface area contributed by atoms with Crippen LogP contribution in [0.5, 0.6) is 5.75 Å². The Labute approximate surface area is 305 Å². The molecule has 2 amide bonds. The Kier molecular flexibility index (Phi) is 17.0. The van der Waals surface area contributed by atoms with Gasteiger partial charge in [0.05, 0.1) is 80.7 Å². The summed E-state index contributed by atoms with van der Waals surface area (Å²) in [7, 11) is 0. The van der Waals surface area contributed by atoms with Crippen molar-refractivity contribution in [2.45, 2.75) is 40.3 Å². The van der Waals surface area contributed by atoms with E-state index < -0.39 is 40.9 Å². The minimum absolute atomic E-state index is 0.0801. The number of aromatic hydroxyl groups is 1. The van der Waals surface area contributed by atoms with Crippen molar-refractivity contribution in [2.24, 2.45) is 5.41 Å². The first kappa shape index (κ1) is 41.9. The van der Waals surface area contributed by atoms with E-state index in [1.807, 2.05) is 31.2 Å².